The minimum absolute atomic E-state index is 0.264. The molecule has 0 spiro atoms. The molecule has 4 heteroatoms. The summed E-state index contributed by atoms with van der Waals surface area (Å²) in [6, 6.07) is 10.1. The lowest BCUT2D eigenvalue weighted by atomic mass is 9.85. The molecule has 1 aliphatic heterocycles. The number of methoxy groups -OCH3 is 1. The number of ether oxygens (including phenoxy) is 2. The van der Waals surface area contributed by atoms with Crippen LogP contribution in [0.3, 0.4) is 0 Å². The molecule has 21 heavy (non-hydrogen) atoms. The number of likely N-dealkylation sites (tertiary alicyclic amines) is 1. The van der Waals surface area contributed by atoms with Crippen LogP contribution in [0.2, 0.25) is 0 Å². The third-order valence-corrected chi connectivity index (χ3v) is 3.80. The van der Waals surface area contributed by atoms with Gasteiger partial charge in [-0.15, -0.1) is 0 Å². The first-order chi connectivity index (χ1) is 9.86. The van der Waals surface area contributed by atoms with Crippen LogP contribution in [-0.4, -0.2) is 36.8 Å². The van der Waals surface area contributed by atoms with Crippen molar-refractivity contribution < 1.29 is 14.3 Å². The van der Waals surface area contributed by atoms with E-state index >= 15 is 0 Å². The van der Waals surface area contributed by atoms with Crippen molar-refractivity contribution in [1.82, 2.24) is 4.90 Å². The van der Waals surface area contributed by atoms with Crippen molar-refractivity contribution in [2.24, 2.45) is 0 Å². The van der Waals surface area contributed by atoms with Crippen molar-refractivity contribution in [3.05, 3.63) is 35.9 Å². The Kier molecular flexibility index (Phi) is 4.57. The van der Waals surface area contributed by atoms with E-state index in [1.165, 1.54) is 0 Å². The minimum atomic E-state index is -0.475. The van der Waals surface area contributed by atoms with E-state index in [1.807, 2.05) is 39.0 Å². The fourth-order valence-electron chi connectivity index (χ4n) is 2.77. The van der Waals surface area contributed by atoms with Crippen molar-refractivity contribution in [3.8, 4) is 0 Å². The molecular formula is C17H25NO3. The van der Waals surface area contributed by atoms with Crippen molar-refractivity contribution >= 4 is 6.09 Å². The molecule has 1 amide bonds. The van der Waals surface area contributed by atoms with Crippen LogP contribution >= 0.6 is 0 Å². The molecule has 0 bridgehead atoms. The van der Waals surface area contributed by atoms with E-state index in [-0.39, 0.29) is 6.09 Å². The maximum absolute atomic E-state index is 12.3. The fourth-order valence-corrected chi connectivity index (χ4v) is 2.77. The first kappa shape index (κ1) is 15.8. The molecule has 1 aromatic rings. The number of nitrogens with zero attached hydrogens (tertiary/aromatic N) is 1. The van der Waals surface area contributed by atoms with E-state index in [1.54, 1.807) is 12.0 Å². The van der Waals surface area contributed by atoms with Crippen LogP contribution in [0.15, 0.2) is 30.3 Å². The highest BCUT2D eigenvalue weighted by molar-refractivity contribution is 5.68. The molecule has 0 saturated carbocycles. The molecule has 2 rings (SSSR count). The highest BCUT2D eigenvalue weighted by atomic mass is 16.6. The lowest BCUT2D eigenvalue weighted by molar-refractivity contribution is -0.0733. The zero-order chi connectivity index (χ0) is 15.5. The molecule has 4 nitrogen and oxygen atoms in total. The van der Waals surface area contributed by atoms with Gasteiger partial charge in [0.2, 0.25) is 0 Å². The Morgan fingerprint density at radius 3 is 2.48 bits per heavy atom. The molecule has 1 aromatic carbocycles. The van der Waals surface area contributed by atoms with Gasteiger partial charge in [-0.25, -0.2) is 4.79 Å². The number of amides is 1. The summed E-state index contributed by atoms with van der Waals surface area (Å²) in [5, 5.41) is 0. The Bertz CT molecular complexity index is 481. The van der Waals surface area contributed by atoms with Crippen molar-refractivity contribution in [3.63, 3.8) is 0 Å². The van der Waals surface area contributed by atoms with Crippen LogP contribution in [-0.2, 0) is 15.1 Å². The normalized spacial score (nSPS) is 23.0. The van der Waals surface area contributed by atoms with E-state index < -0.39 is 11.2 Å². The largest absolute Gasteiger partial charge is 0.444 e. The van der Waals surface area contributed by atoms with Gasteiger partial charge in [-0.2, -0.15) is 0 Å². The van der Waals surface area contributed by atoms with Gasteiger partial charge in [-0.05, 0) is 39.2 Å². The van der Waals surface area contributed by atoms with Gasteiger partial charge in [0.15, 0.2) is 0 Å². The van der Waals surface area contributed by atoms with Gasteiger partial charge in [-0.3, -0.25) is 0 Å². The average Bonchev–Trinajstić information content (AvgIpc) is 2.46. The van der Waals surface area contributed by atoms with Crippen LogP contribution < -0.4 is 0 Å². The van der Waals surface area contributed by atoms with Gasteiger partial charge >= 0.3 is 6.09 Å². The second-order valence-corrected chi connectivity index (χ2v) is 6.57. The van der Waals surface area contributed by atoms with Crippen molar-refractivity contribution in [2.75, 3.05) is 20.2 Å². The predicted octanol–water partition coefficient (Wildman–Crippen LogP) is 3.56. The molecule has 0 radical (unpaired) electrons. The van der Waals surface area contributed by atoms with Gasteiger partial charge in [0.05, 0.1) is 6.54 Å². The zero-order valence-electron chi connectivity index (χ0n) is 13.4. The highest BCUT2D eigenvalue weighted by Crippen LogP contribution is 2.35. The van der Waals surface area contributed by atoms with Gasteiger partial charge in [0.25, 0.3) is 0 Å². The summed E-state index contributed by atoms with van der Waals surface area (Å²) in [6.07, 6.45) is 1.55. The Morgan fingerprint density at radius 1 is 1.24 bits per heavy atom. The van der Waals surface area contributed by atoms with Gasteiger partial charge < -0.3 is 14.4 Å². The minimum Gasteiger partial charge on any atom is -0.444 e. The lowest BCUT2D eigenvalue weighted by Gasteiger charge is -2.42. The quantitative estimate of drug-likeness (QED) is 0.836. The van der Waals surface area contributed by atoms with Gasteiger partial charge in [0, 0.05) is 13.7 Å². The van der Waals surface area contributed by atoms with Crippen LogP contribution in [0.25, 0.3) is 0 Å². The number of piperidine rings is 1. The summed E-state index contributed by atoms with van der Waals surface area (Å²) in [4.78, 5) is 14.1. The Balaban J connectivity index is 2.17. The molecule has 1 unspecified atom stereocenters. The van der Waals surface area contributed by atoms with E-state index in [0.29, 0.717) is 13.1 Å². The summed E-state index contributed by atoms with van der Waals surface area (Å²) in [5.74, 6) is 0. The van der Waals surface area contributed by atoms with Crippen LogP contribution in [0, 0.1) is 0 Å². The smallest absolute Gasteiger partial charge is 0.410 e. The second-order valence-electron chi connectivity index (χ2n) is 6.57. The molecule has 0 aromatic heterocycles. The summed E-state index contributed by atoms with van der Waals surface area (Å²) in [5.41, 5.74) is 0.203. The van der Waals surface area contributed by atoms with E-state index in [2.05, 4.69) is 12.1 Å². The first-order valence-electron chi connectivity index (χ1n) is 7.45. The standard InChI is InChI=1S/C17H25NO3/c1-16(2,3)21-15(19)18-12-8-11-17(13-18,20-4)14-9-6-5-7-10-14/h5-7,9-10H,8,11-13H2,1-4H3. The number of rotatable bonds is 2. The highest BCUT2D eigenvalue weighted by Gasteiger charge is 2.39. The number of hydrogen-bond donors (Lipinski definition) is 0. The lowest BCUT2D eigenvalue weighted by Crippen LogP contribution is -2.50. The van der Waals surface area contributed by atoms with Crippen LogP contribution in [0.4, 0.5) is 4.79 Å². The maximum atomic E-state index is 12.3. The third kappa shape index (κ3) is 3.76. The molecule has 0 aliphatic carbocycles. The predicted molar refractivity (Wildman–Crippen MR) is 82.2 cm³/mol. The van der Waals surface area contributed by atoms with E-state index in [0.717, 1.165) is 18.4 Å². The molecule has 1 saturated heterocycles. The summed E-state index contributed by atoms with van der Waals surface area (Å²) in [7, 11) is 1.71. The molecule has 1 atom stereocenters. The molecular weight excluding hydrogens is 266 g/mol. The Labute approximate surface area is 127 Å². The number of hydrogen-bond acceptors (Lipinski definition) is 3. The molecule has 116 valence electrons. The molecule has 1 fully saturated rings. The van der Waals surface area contributed by atoms with Crippen molar-refractivity contribution in [1.29, 1.82) is 0 Å². The monoisotopic (exact) mass is 291 g/mol. The molecule has 0 N–H and O–H groups in total. The zero-order valence-corrected chi connectivity index (χ0v) is 13.4. The fraction of sp³-hybridized carbons (Fsp3) is 0.588. The number of carbonyl (C=O) groups is 1. The van der Waals surface area contributed by atoms with Gasteiger partial charge in [-0.1, -0.05) is 30.3 Å². The average molecular weight is 291 g/mol. The van der Waals surface area contributed by atoms with E-state index in [4.69, 9.17) is 9.47 Å². The number of carbonyl (C=O) groups excluding carboxylic acids is 1. The summed E-state index contributed by atoms with van der Waals surface area (Å²) < 4.78 is 11.3. The van der Waals surface area contributed by atoms with E-state index in [9.17, 15) is 4.79 Å². The first-order valence-corrected chi connectivity index (χ1v) is 7.45. The Morgan fingerprint density at radius 2 is 1.90 bits per heavy atom. The summed E-state index contributed by atoms with van der Waals surface area (Å²) in [6.45, 7) is 6.90. The van der Waals surface area contributed by atoms with Gasteiger partial charge in [0.1, 0.15) is 11.2 Å². The summed E-state index contributed by atoms with van der Waals surface area (Å²) >= 11 is 0. The SMILES string of the molecule is COC1(c2ccccc2)CCCN(C(=O)OC(C)(C)C)C1. The van der Waals surface area contributed by atoms with Crippen LogP contribution in [0.5, 0.6) is 0 Å². The van der Waals surface area contributed by atoms with Crippen LogP contribution in [0.1, 0.15) is 39.2 Å². The molecule has 1 aliphatic rings. The molecule has 1 heterocycles. The maximum Gasteiger partial charge on any atom is 0.410 e. The second kappa shape index (κ2) is 6.06. The third-order valence-electron chi connectivity index (χ3n) is 3.80. The van der Waals surface area contributed by atoms with Crippen molar-refractivity contribution in [2.45, 2.75) is 44.8 Å². The number of benzene rings is 1. The Hall–Kier alpha value is -1.55. The topological polar surface area (TPSA) is 38.8 Å².